The second kappa shape index (κ2) is 8.26. The van der Waals surface area contributed by atoms with Crippen LogP contribution in [0.15, 0.2) is 54.6 Å². The molecule has 24 heavy (non-hydrogen) atoms. The van der Waals surface area contributed by atoms with Crippen LogP contribution in [0, 0.1) is 5.92 Å². The number of anilines is 1. The van der Waals surface area contributed by atoms with E-state index < -0.39 is 5.91 Å². The highest BCUT2D eigenvalue weighted by Crippen LogP contribution is 2.21. The highest BCUT2D eigenvalue weighted by Gasteiger charge is 2.17. The van der Waals surface area contributed by atoms with Gasteiger partial charge in [0.25, 0.3) is 5.91 Å². The van der Waals surface area contributed by atoms with E-state index in [4.69, 9.17) is 5.73 Å². The maximum absolute atomic E-state index is 12.2. The van der Waals surface area contributed by atoms with E-state index in [1.807, 2.05) is 30.3 Å². The van der Waals surface area contributed by atoms with Gasteiger partial charge >= 0.3 is 0 Å². The summed E-state index contributed by atoms with van der Waals surface area (Å²) >= 11 is 0. The molecule has 0 heterocycles. The van der Waals surface area contributed by atoms with Crippen LogP contribution in [0.2, 0.25) is 0 Å². The van der Waals surface area contributed by atoms with Crippen molar-refractivity contribution in [2.24, 2.45) is 11.7 Å². The first-order valence-corrected chi connectivity index (χ1v) is 7.96. The summed E-state index contributed by atoms with van der Waals surface area (Å²) in [5.41, 5.74) is 7.19. The van der Waals surface area contributed by atoms with E-state index in [0.29, 0.717) is 17.2 Å². The molecule has 0 fully saturated rings. The van der Waals surface area contributed by atoms with Crippen LogP contribution in [-0.2, 0) is 4.79 Å². The molecular formula is C19H23N3O2. The number of amides is 2. The molecule has 2 rings (SSSR count). The van der Waals surface area contributed by atoms with Crippen molar-refractivity contribution in [3.05, 3.63) is 65.7 Å². The molecule has 0 aliphatic carbocycles. The Morgan fingerprint density at radius 2 is 1.62 bits per heavy atom. The van der Waals surface area contributed by atoms with E-state index in [9.17, 15) is 9.59 Å². The zero-order valence-electron chi connectivity index (χ0n) is 14.0. The van der Waals surface area contributed by atoms with Gasteiger partial charge in [0, 0.05) is 6.04 Å². The van der Waals surface area contributed by atoms with Gasteiger partial charge in [-0.25, -0.2) is 0 Å². The summed E-state index contributed by atoms with van der Waals surface area (Å²) in [6, 6.07) is 16.8. The van der Waals surface area contributed by atoms with Gasteiger partial charge in [0.2, 0.25) is 5.91 Å². The Bertz CT molecular complexity index is 699. The first kappa shape index (κ1) is 17.7. The number of primary amides is 1. The molecule has 0 spiro atoms. The van der Waals surface area contributed by atoms with Gasteiger partial charge in [-0.3, -0.25) is 9.59 Å². The Labute approximate surface area is 142 Å². The lowest BCUT2D eigenvalue weighted by atomic mass is 9.96. The first-order chi connectivity index (χ1) is 11.5. The third-order valence-corrected chi connectivity index (χ3v) is 3.77. The fraction of sp³-hybridized carbons (Fsp3) is 0.263. The average Bonchev–Trinajstić information content (AvgIpc) is 2.56. The van der Waals surface area contributed by atoms with Gasteiger partial charge in [0.05, 0.1) is 17.8 Å². The fourth-order valence-corrected chi connectivity index (χ4v) is 2.60. The van der Waals surface area contributed by atoms with Crippen molar-refractivity contribution >= 4 is 17.5 Å². The van der Waals surface area contributed by atoms with Gasteiger partial charge in [-0.05, 0) is 23.6 Å². The molecule has 126 valence electrons. The Kier molecular flexibility index (Phi) is 6.09. The van der Waals surface area contributed by atoms with Gasteiger partial charge in [-0.15, -0.1) is 0 Å². The summed E-state index contributed by atoms with van der Waals surface area (Å²) in [5.74, 6) is -0.452. The minimum Gasteiger partial charge on any atom is -0.366 e. The van der Waals surface area contributed by atoms with Gasteiger partial charge in [0.15, 0.2) is 0 Å². The lowest BCUT2D eigenvalue weighted by Crippen LogP contribution is -2.34. The topological polar surface area (TPSA) is 84.2 Å². The van der Waals surface area contributed by atoms with E-state index in [0.717, 1.165) is 5.56 Å². The van der Waals surface area contributed by atoms with Gasteiger partial charge in [-0.2, -0.15) is 0 Å². The smallest absolute Gasteiger partial charge is 0.250 e. The zero-order chi connectivity index (χ0) is 17.5. The van der Waals surface area contributed by atoms with Gasteiger partial charge in [-0.1, -0.05) is 56.3 Å². The molecule has 0 radical (unpaired) electrons. The van der Waals surface area contributed by atoms with Crippen LogP contribution in [0.5, 0.6) is 0 Å². The van der Waals surface area contributed by atoms with Crippen molar-refractivity contribution in [3.63, 3.8) is 0 Å². The van der Waals surface area contributed by atoms with Crippen molar-refractivity contribution in [3.8, 4) is 0 Å². The van der Waals surface area contributed by atoms with Crippen LogP contribution in [0.25, 0.3) is 0 Å². The standard InChI is InChI=1S/C19H23N3O2/c1-13(2)18(14-8-4-3-5-9-14)21-12-17(23)22-16-11-7-6-10-15(16)19(20)24/h3-11,13,18,21H,12H2,1-2H3,(H2,20,24)(H,22,23). The van der Waals surface area contributed by atoms with Gasteiger partial charge < -0.3 is 16.4 Å². The molecule has 1 unspecified atom stereocenters. The van der Waals surface area contributed by atoms with Gasteiger partial charge in [0.1, 0.15) is 0 Å². The summed E-state index contributed by atoms with van der Waals surface area (Å²) in [6.45, 7) is 4.35. The number of nitrogens with two attached hydrogens (primary N) is 1. The maximum atomic E-state index is 12.2. The molecule has 5 heteroatoms. The van der Waals surface area contributed by atoms with E-state index >= 15 is 0 Å². The van der Waals surface area contributed by atoms with Crippen LogP contribution in [0.1, 0.15) is 35.8 Å². The summed E-state index contributed by atoms with van der Waals surface area (Å²) in [6.07, 6.45) is 0. The molecule has 4 N–H and O–H groups in total. The minimum atomic E-state index is -0.566. The van der Waals surface area contributed by atoms with E-state index in [2.05, 4.69) is 24.5 Å². The molecule has 0 aliphatic heterocycles. The molecule has 0 aliphatic rings. The average molecular weight is 325 g/mol. The second-order valence-electron chi connectivity index (χ2n) is 5.97. The summed E-state index contributed by atoms with van der Waals surface area (Å²) in [7, 11) is 0. The highest BCUT2D eigenvalue weighted by molar-refractivity contribution is 6.03. The van der Waals surface area contributed by atoms with Crippen molar-refractivity contribution in [2.75, 3.05) is 11.9 Å². The minimum absolute atomic E-state index is 0.0725. The number of carbonyl (C=O) groups is 2. The number of nitrogens with one attached hydrogen (secondary N) is 2. The van der Waals surface area contributed by atoms with Crippen LogP contribution in [0.4, 0.5) is 5.69 Å². The largest absolute Gasteiger partial charge is 0.366 e. The normalized spacial score (nSPS) is 12.0. The molecule has 0 aromatic heterocycles. The SMILES string of the molecule is CC(C)C(NCC(=O)Nc1ccccc1C(N)=O)c1ccccc1. The van der Waals surface area contributed by atoms with E-state index in [1.165, 1.54) is 0 Å². The molecule has 1 atom stereocenters. The van der Waals surface area contributed by atoms with Crippen molar-refractivity contribution in [1.29, 1.82) is 0 Å². The van der Waals surface area contributed by atoms with Crippen molar-refractivity contribution < 1.29 is 9.59 Å². The number of hydrogen-bond acceptors (Lipinski definition) is 3. The Morgan fingerprint density at radius 1 is 1.00 bits per heavy atom. The Balaban J connectivity index is 2.01. The van der Waals surface area contributed by atoms with E-state index in [-0.39, 0.29) is 18.5 Å². The predicted molar refractivity (Wildman–Crippen MR) is 95.6 cm³/mol. The second-order valence-corrected chi connectivity index (χ2v) is 5.97. The number of benzene rings is 2. The molecule has 0 saturated heterocycles. The summed E-state index contributed by atoms with van der Waals surface area (Å²) in [4.78, 5) is 23.6. The molecule has 5 nitrogen and oxygen atoms in total. The van der Waals surface area contributed by atoms with Crippen LogP contribution >= 0.6 is 0 Å². The highest BCUT2D eigenvalue weighted by atomic mass is 16.2. The van der Waals surface area contributed by atoms with E-state index in [1.54, 1.807) is 24.3 Å². The van der Waals surface area contributed by atoms with Crippen molar-refractivity contribution in [2.45, 2.75) is 19.9 Å². The molecule has 2 aromatic carbocycles. The maximum Gasteiger partial charge on any atom is 0.250 e. The van der Waals surface area contributed by atoms with Crippen LogP contribution in [-0.4, -0.2) is 18.4 Å². The lowest BCUT2D eigenvalue weighted by molar-refractivity contribution is -0.115. The summed E-state index contributed by atoms with van der Waals surface area (Å²) in [5, 5.41) is 6.01. The van der Waals surface area contributed by atoms with Crippen LogP contribution < -0.4 is 16.4 Å². The molecule has 0 bridgehead atoms. The number of rotatable bonds is 7. The molecular weight excluding hydrogens is 302 g/mol. The first-order valence-electron chi connectivity index (χ1n) is 7.96. The third-order valence-electron chi connectivity index (χ3n) is 3.77. The number of hydrogen-bond donors (Lipinski definition) is 3. The number of carbonyl (C=O) groups excluding carboxylic acids is 2. The molecule has 2 aromatic rings. The molecule has 0 saturated carbocycles. The zero-order valence-corrected chi connectivity index (χ0v) is 14.0. The quantitative estimate of drug-likeness (QED) is 0.732. The van der Waals surface area contributed by atoms with Crippen LogP contribution in [0.3, 0.4) is 0 Å². The van der Waals surface area contributed by atoms with Crippen molar-refractivity contribution in [1.82, 2.24) is 5.32 Å². The lowest BCUT2D eigenvalue weighted by Gasteiger charge is -2.23. The monoisotopic (exact) mass is 325 g/mol. The molecule has 2 amide bonds. The third kappa shape index (κ3) is 4.67. The fourth-order valence-electron chi connectivity index (χ4n) is 2.60. The Hall–Kier alpha value is -2.66. The number of para-hydroxylation sites is 1. The predicted octanol–water partition coefficient (Wildman–Crippen LogP) is 2.71. The summed E-state index contributed by atoms with van der Waals surface area (Å²) < 4.78 is 0. The Morgan fingerprint density at radius 3 is 2.25 bits per heavy atom.